The lowest BCUT2D eigenvalue weighted by atomic mass is 10.1. The van der Waals surface area contributed by atoms with Crippen molar-refractivity contribution in [3.63, 3.8) is 0 Å². The fraction of sp³-hybridized carbons (Fsp3) is 0.211. The van der Waals surface area contributed by atoms with Crippen molar-refractivity contribution >= 4 is 22.9 Å². The van der Waals surface area contributed by atoms with E-state index in [4.69, 9.17) is 0 Å². The lowest BCUT2D eigenvalue weighted by molar-refractivity contribution is -0.116. The summed E-state index contributed by atoms with van der Waals surface area (Å²) in [7, 11) is 0. The van der Waals surface area contributed by atoms with Gasteiger partial charge in [0.05, 0.1) is 34.3 Å². The Kier molecular flexibility index (Phi) is 5.58. The van der Waals surface area contributed by atoms with Crippen LogP contribution in [-0.2, 0) is 4.79 Å². The summed E-state index contributed by atoms with van der Waals surface area (Å²) in [5.74, 6) is -1.11. The Morgan fingerprint density at radius 1 is 1.27 bits per heavy atom. The van der Waals surface area contributed by atoms with Crippen molar-refractivity contribution in [1.82, 2.24) is 9.97 Å². The highest BCUT2D eigenvalue weighted by Gasteiger charge is 2.10. The Morgan fingerprint density at radius 2 is 2.08 bits per heavy atom. The van der Waals surface area contributed by atoms with Gasteiger partial charge in [-0.3, -0.25) is 9.78 Å². The zero-order valence-electron chi connectivity index (χ0n) is 14.2. The highest BCUT2D eigenvalue weighted by Crippen LogP contribution is 2.30. The molecular formula is C19H18FN3O2S. The molecule has 3 rings (SSSR count). The predicted octanol–water partition coefficient (Wildman–Crippen LogP) is 4.85. The number of benzene rings is 1. The molecule has 0 spiro atoms. The van der Waals surface area contributed by atoms with Crippen LogP contribution in [0.4, 0.5) is 10.1 Å². The minimum Gasteiger partial charge on any atom is -0.505 e. The molecule has 2 heterocycles. The highest BCUT2D eigenvalue weighted by atomic mass is 32.1. The first-order valence-electron chi connectivity index (χ1n) is 8.26. The summed E-state index contributed by atoms with van der Waals surface area (Å²) >= 11 is 1.45. The maximum absolute atomic E-state index is 13.2. The number of nitrogens with one attached hydrogen (secondary N) is 1. The molecule has 0 aliphatic carbocycles. The Hall–Kier alpha value is -2.80. The van der Waals surface area contributed by atoms with Gasteiger partial charge in [-0.15, -0.1) is 11.3 Å². The molecule has 0 radical (unpaired) electrons. The summed E-state index contributed by atoms with van der Waals surface area (Å²) in [6.45, 7) is 2.04. The van der Waals surface area contributed by atoms with Crippen LogP contribution in [-0.4, -0.2) is 21.0 Å². The first-order chi connectivity index (χ1) is 12.6. The number of amides is 1. The molecule has 0 saturated heterocycles. The minimum absolute atomic E-state index is 0.00202. The van der Waals surface area contributed by atoms with Crippen LogP contribution in [0.1, 0.15) is 26.2 Å². The molecule has 5 nitrogen and oxygen atoms in total. The number of phenols is 1. The number of carbonyl (C=O) groups excluding carboxylic acids is 1. The van der Waals surface area contributed by atoms with Gasteiger partial charge in [0.2, 0.25) is 5.91 Å². The number of phenolic OH excluding ortho intramolecular Hbond substituents is 1. The Morgan fingerprint density at radius 3 is 2.85 bits per heavy atom. The van der Waals surface area contributed by atoms with Crippen LogP contribution >= 0.6 is 11.3 Å². The zero-order chi connectivity index (χ0) is 18.5. The normalized spacial score (nSPS) is 10.7. The van der Waals surface area contributed by atoms with Crippen LogP contribution < -0.4 is 5.32 Å². The lowest BCUT2D eigenvalue weighted by Gasteiger charge is -2.04. The maximum Gasteiger partial charge on any atom is 0.224 e. The first kappa shape index (κ1) is 18.0. The van der Waals surface area contributed by atoms with Crippen molar-refractivity contribution in [2.75, 3.05) is 5.32 Å². The van der Waals surface area contributed by atoms with E-state index < -0.39 is 11.6 Å². The number of hydrogen-bond donors (Lipinski definition) is 2. The smallest absolute Gasteiger partial charge is 0.224 e. The molecule has 0 saturated carbocycles. The van der Waals surface area contributed by atoms with E-state index in [-0.39, 0.29) is 5.91 Å². The molecule has 7 heteroatoms. The van der Waals surface area contributed by atoms with E-state index in [0.717, 1.165) is 23.4 Å². The summed E-state index contributed by atoms with van der Waals surface area (Å²) in [4.78, 5) is 21.4. The van der Waals surface area contributed by atoms with Crippen molar-refractivity contribution in [3.05, 3.63) is 47.9 Å². The van der Waals surface area contributed by atoms with Crippen LogP contribution in [0.2, 0.25) is 0 Å². The molecule has 0 atom stereocenters. The Bertz CT molecular complexity index is 927. The van der Waals surface area contributed by atoms with Gasteiger partial charge >= 0.3 is 0 Å². The van der Waals surface area contributed by atoms with Gasteiger partial charge in [0.1, 0.15) is 0 Å². The molecule has 0 aliphatic heterocycles. The largest absolute Gasteiger partial charge is 0.505 e. The molecule has 2 aromatic heterocycles. The molecule has 1 aromatic carbocycles. The van der Waals surface area contributed by atoms with E-state index >= 15 is 0 Å². The molecule has 0 aliphatic rings. The second-order valence-corrected chi connectivity index (χ2v) is 6.72. The minimum atomic E-state index is -0.681. The van der Waals surface area contributed by atoms with E-state index in [9.17, 15) is 14.3 Å². The number of aromatic hydroxyl groups is 1. The van der Waals surface area contributed by atoms with Gasteiger partial charge < -0.3 is 10.4 Å². The van der Waals surface area contributed by atoms with Gasteiger partial charge in [-0.05, 0) is 30.7 Å². The summed E-state index contributed by atoms with van der Waals surface area (Å²) in [6.07, 6.45) is 5.52. The third-order valence-corrected chi connectivity index (χ3v) is 4.72. The molecule has 134 valence electrons. The SMILES string of the molecule is CCCCC(=O)Nc1csc(-c2cncc(-c3ccc(F)c(O)c3)n2)c1. The molecular weight excluding hydrogens is 353 g/mol. The maximum atomic E-state index is 13.2. The first-order valence-corrected chi connectivity index (χ1v) is 9.14. The molecule has 26 heavy (non-hydrogen) atoms. The fourth-order valence-corrected chi connectivity index (χ4v) is 3.19. The topological polar surface area (TPSA) is 75.1 Å². The molecule has 0 fully saturated rings. The molecule has 1 amide bonds. The summed E-state index contributed by atoms with van der Waals surface area (Å²) in [5.41, 5.74) is 2.48. The third kappa shape index (κ3) is 4.23. The van der Waals surface area contributed by atoms with Crippen LogP contribution in [0.25, 0.3) is 21.8 Å². The Balaban J connectivity index is 1.80. The number of carbonyl (C=O) groups is 1. The van der Waals surface area contributed by atoms with E-state index in [0.29, 0.717) is 23.4 Å². The van der Waals surface area contributed by atoms with E-state index in [1.807, 2.05) is 18.4 Å². The van der Waals surface area contributed by atoms with Crippen molar-refractivity contribution in [1.29, 1.82) is 0 Å². The lowest BCUT2D eigenvalue weighted by Crippen LogP contribution is -2.09. The second-order valence-electron chi connectivity index (χ2n) is 5.81. The van der Waals surface area contributed by atoms with E-state index in [1.54, 1.807) is 12.4 Å². The van der Waals surface area contributed by atoms with Crippen LogP contribution in [0.3, 0.4) is 0 Å². The molecule has 2 N–H and O–H groups in total. The number of nitrogens with zero attached hydrogens (tertiary/aromatic N) is 2. The average Bonchev–Trinajstić information content (AvgIpc) is 3.11. The van der Waals surface area contributed by atoms with Gasteiger partial charge in [-0.25, -0.2) is 9.37 Å². The standard InChI is InChI=1S/C19H18FN3O2S/c1-2-3-4-19(25)22-13-8-18(26-11-13)16-10-21-9-15(23-16)12-5-6-14(20)17(24)7-12/h5-11,24H,2-4H2,1H3,(H,22,25). The summed E-state index contributed by atoms with van der Waals surface area (Å²) < 4.78 is 13.2. The monoisotopic (exact) mass is 371 g/mol. The van der Waals surface area contributed by atoms with Crippen LogP contribution in [0.15, 0.2) is 42.0 Å². The zero-order valence-corrected chi connectivity index (χ0v) is 15.0. The average molecular weight is 371 g/mol. The van der Waals surface area contributed by atoms with Gasteiger partial charge in [-0.2, -0.15) is 0 Å². The summed E-state index contributed by atoms with van der Waals surface area (Å²) in [6, 6.07) is 5.89. The van der Waals surface area contributed by atoms with Crippen LogP contribution in [0.5, 0.6) is 5.75 Å². The number of aromatic nitrogens is 2. The van der Waals surface area contributed by atoms with Crippen molar-refractivity contribution in [2.45, 2.75) is 26.2 Å². The highest BCUT2D eigenvalue weighted by molar-refractivity contribution is 7.14. The second kappa shape index (κ2) is 8.05. The van der Waals surface area contributed by atoms with Gasteiger partial charge in [0.15, 0.2) is 11.6 Å². The van der Waals surface area contributed by atoms with Crippen molar-refractivity contribution < 1.29 is 14.3 Å². The van der Waals surface area contributed by atoms with E-state index in [2.05, 4.69) is 15.3 Å². The van der Waals surface area contributed by atoms with E-state index in [1.165, 1.54) is 29.5 Å². The predicted molar refractivity (Wildman–Crippen MR) is 101 cm³/mol. The number of rotatable bonds is 6. The number of unbranched alkanes of at least 4 members (excludes halogenated alkanes) is 1. The summed E-state index contributed by atoms with van der Waals surface area (Å²) in [5, 5.41) is 14.3. The fourth-order valence-electron chi connectivity index (χ4n) is 2.39. The molecule has 0 unspecified atom stereocenters. The molecule has 0 bridgehead atoms. The number of halogens is 1. The Labute approximate surface area is 154 Å². The van der Waals surface area contributed by atoms with Crippen molar-refractivity contribution in [2.24, 2.45) is 0 Å². The number of anilines is 1. The van der Waals surface area contributed by atoms with Crippen molar-refractivity contribution in [3.8, 4) is 27.6 Å². The van der Waals surface area contributed by atoms with Gasteiger partial charge in [-0.1, -0.05) is 13.3 Å². The number of hydrogen-bond acceptors (Lipinski definition) is 5. The van der Waals surface area contributed by atoms with Crippen LogP contribution in [0, 0.1) is 5.82 Å². The number of thiophene rings is 1. The van der Waals surface area contributed by atoms with Gasteiger partial charge in [0, 0.05) is 17.4 Å². The van der Waals surface area contributed by atoms with Gasteiger partial charge in [0.25, 0.3) is 0 Å². The quantitative estimate of drug-likeness (QED) is 0.650. The molecule has 3 aromatic rings. The third-order valence-electron chi connectivity index (χ3n) is 3.77.